The van der Waals surface area contributed by atoms with Crippen LogP contribution in [0.2, 0.25) is 0 Å². The quantitative estimate of drug-likeness (QED) is 0.920. The molecule has 1 saturated heterocycles. The van der Waals surface area contributed by atoms with E-state index in [-0.39, 0.29) is 18.1 Å². The van der Waals surface area contributed by atoms with Crippen molar-refractivity contribution >= 4 is 17.2 Å². The minimum absolute atomic E-state index is 0.0477. The van der Waals surface area contributed by atoms with Crippen molar-refractivity contribution in [3.05, 3.63) is 22.4 Å². The maximum atomic E-state index is 12.4. The highest BCUT2D eigenvalue weighted by Crippen LogP contribution is 2.31. The van der Waals surface area contributed by atoms with Crippen LogP contribution in [0, 0.1) is 5.92 Å². The zero-order valence-electron chi connectivity index (χ0n) is 12.2. The van der Waals surface area contributed by atoms with Crippen LogP contribution in [0.25, 0.3) is 0 Å². The van der Waals surface area contributed by atoms with E-state index in [1.807, 2.05) is 6.92 Å². The van der Waals surface area contributed by atoms with E-state index < -0.39 is 0 Å². The summed E-state index contributed by atoms with van der Waals surface area (Å²) in [7, 11) is 0. The molecule has 2 heterocycles. The molecule has 20 heavy (non-hydrogen) atoms. The lowest BCUT2D eigenvalue weighted by Crippen LogP contribution is -2.32. The number of amides is 1. The maximum Gasteiger partial charge on any atom is 0.241 e. The Morgan fingerprint density at radius 1 is 1.35 bits per heavy atom. The Kier molecular flexibility index (Phi) is 4.41. The number of carbonyl (C=O) groups is 1. The highest BCUT2D eigenvalue weighted by atomic mass is 32.1. The molecule has 0 aromatic carbocycles. The van der Waals surface area contributed by atoms with E-state index in [0.717, 1.165) is 12.5 Å². The summed E-state index contributed by atoms with van der Waals surface area (Å²) in [6, 6.07) is 4.14. The Labute approximate surface area is 125 Å². The molecule has 3 nitrogen and oxygen atoms in total. The molecule has 1 aromatic heterocycles. The molecule has 1 aliphatic carbocycles. The third-order valence-corrected chi connectivity index (χ3v) is 5.61. The number of nitrogens with zero attached hydrogens (tertiary/aromatic N) is 1. The van der Waals surface area contributed by atoms with Gasteiger partial charge in [0.05, 0.1) is 6.04 Å². The molecule has 2 unspecified atom stereocenters. The van der Waals surface area contributed by atoms with E-state index in [9.17, 15) is 4.79 Å². The summed E-state index contributed by atoms with van der Waals surface area (Å²) < 4.78 is 0. The van der Waals surface area contributed by atoms with E-state index in [1.54, 1.807) is 11.3 Å². The van der Waals surface area contributed by atoms with Gasteiger partial charge in [0.15, 0.2) is 0 Å². The first-order valence-electron chi connectivity index (χ1n) is 7.85. The fraction of sp³-hybridized carbons (Fsp3) is 0.688. The third kappa shape index (κ3) is 2.91. The number of carbonyl (C=O) groups excluding carboxylic acids is 1. The first-order chi connectivity index (χ1) is 9.75. The van der Waals surface area contributed by atoms with Gasteiger partial charge in [-0.15, -0.1) is 11.3 Å². The van der Waals surface area contributed by atoms with E-state index >= 15 is 0 Å². The van der Waals surface area contributed by atoms with Gasteiger partial charge in [-0.1, -0.05) is 38.2 Å². The smallest absolute Gasteiger partial charge is 0.241 e. The highest BCUT2D eigenvalue weighted by Gasteiger charge is 2.37. The summed E-state index contributed by atoms with van der Waals surface area (Å²) in [6.07, 6.45) is 8.13. The fourth-order valence-corrected chi connectivity index (χ4v) is 4.29. The van der Waals surface area contributed by atoms with Crippen LogP contribution in [0.4, 0.5) is 0 Å². The predicted octanol–water partition coefficient (Wildman–Crippen LogP) is 3.54. The summed E-state index contributed by atoms with van der Waals surface area (Å²) in [4.78, 5) is 15.7. The first kappa shape index (κ1) is 14.1. The van der Waals surface area contributed by atoms with Crippen molar-refractivity contribution in [2.24, 2.45) is 5.92 Å². The molecule has 4 heteroatoms. The largest absolute Gasteiger partial charge is 0.321 e. The molecule has 110 valence electrons. The van der Waals surface area contributed by atoms with Crippen molar-refractivity contribution in [2.45, 2.75) is 57.7 Å². The zero-order valence-corrected chi connectivity index (χ0v) is 13.0. The molecule has 3 rings (SSSR count). The third-order valence-electron chi connectivity index (χ3n) is 4.69. The lowest BCUT2D eigenvalue weighted by molar-refractivity contribution is -0.130. The van der Waals surface area contributed by atoms with E-state index in [4.69, 9.17) is 0 Å². The Morgan fingerprint density at radius 2 is 2.15 bits per heavy atom. The Hall–Kier alpha value is -0.870. The lowest BCUT2D eigenvalue weighted by Gasteiger charge is -2.27. The van der Waals surface area contributed by atoms with Gasteiger partial charge < -0.3 is 4.90 Å². The molecular weight excluding hydrogens is 268 g/mol. The van der Waals surface area contributed by atoms with Crippen LogP contribution in [0.5, 0.6) is 0 Å². The number of thiophene rings is 1. The van der Waals surface area contributed by atoms with Gasteiger partial charge in [-0.25, -0.2) is 0 Å². The molecule has 0 spiro atoms. The van der Waals surface area contributed by atoms with Crippen molar-refractivity contribution in [2.75, 3.05) is 6.54 Å². The molecule has 2 atom stereocenters. The van der Waals surface area contributed by atoms with Gasteiger partial charge in [-0.2, -0.15) is 0 Å². The minimum atomic E-state index is -0.0477. The molecule has 2 fully saturated rings. The Bertz CT molecular complexity index is 439. The molecular formula is C16H24N2OS. The van der Waals surface area contributed by atoms with Crippen LogP contribution in [-0.4, -0.2) is 23.4 Å². The predicted molar refractivity (Wildman–Crippen MR) is 82.6 cm³/mol. The number of nitrogens with one attached hydrogen (secondary N) is 1. The van der Waals surface area contributed by atoms with Crippen LogP contribution >= 0.6 is 11.3 Å². The van der Waals surface area contributed by atoms with E-state index in [2.05, 4.69) is 27.7 Å². The average molecular weight is 292 g/mol. The van der Waals surface area contributed by atoms with Crippen molar-refractivity contribution in [3.8, 4) is 0 Å². The van der Waals surface area contributed by atoms with Gasteiger partial charge in [0, 0.05) is 11.4 Å². The first-order valence-corrected chi connectivity index (χ1v) is 8.73. The summed E-state index contributed by atoms with van der Waals surface area (Å²) in [5.41, 5.74) is 0. The Balaban J connectivity index is 1.63. The standard InChI is InChI=1S/C16H24N2OS/c1-12-16(19)18(10-9-13-6-3-2-4-7-13)15(17-12)14-8-5-11-20-14/h5,8,11-13,15,17H,2-4,6-7,9-10H2,1H3. The van der Waals surface area contributed by atoms with Crippen LogP contribution in [0.15, 0.2) is 17.5 Å². The lowest BCUT2D eigenvalue weighted by atomic mass is 9.87. The van der Waals surface area contributed by atoms with Crippen molar-refractivity contribution in [1.29, 1.82) is 0 Å². The van der Waals surface area contributed by atoms with Crippen molar-refractivity contribution in [1.82, 2.24) is 10.2 Å². The van der Waals surface area contributed by atoms with Crippen molar-refractivity contribution in [3.63, 3.8) is 0 Å². The topological polar surface area (TPSA) is 32.3 Å². The molecule has 1 aromatic rings. The normalized spacial score (nSPS) is 28.2. The zero-order chi connectivity index (χ0) is 13.9. The molecule has 0 radical (unpaired) electrons. The molecule has 1 saturated carbocycles. The summed E-state index contributed by atoms with van der Waals surface area (Å²) in [5.74, 6) is 1.09. The minimum Gasteiger partial charge on any atom is -0.321 e. The SMILES string of the molecule is CC1NC(c2cccs2)N(CCC2CCCCC2)C1=O. The van der Waals surface area contributed by atoms with E-state index in [0.29, 0.717) is 0 Å². The molecule has 0 bridgehead atoms. The average Bonchev–Trinajstić information content (AvgIpc) is 3.08. The molecule has 1 amide bonds. The molecule has 1 N–H and O–H groups in total. The van der Waals surface area contributed by atoms with Crippen LogP contribution in [-0.2, 0) is 4.79 Å². The van der Waals surface area contributed by atoms with Gasteiger partial charge in [-0.3, -0.25) is 10.1 Å². The monoisotopic (exact) mass is 292 g/mol. The summed E-state index contributed by atoms with van der Waals surface area (Å²) >= 11 is 1.73. The molecule has 2 aliphatic rings. The second-order valence-corrected chi connectivity index (χ2v) is 7.11. The number of hydrogen-bond acceptors (Lipinski definition) is 3. The second-order valence-electron chi connectivity index (χ2n) is 6.13. The van der Waals surface area contributed by atoms with Gasteiger partial charge in [0.1, 0.15) is 6.17 Å². The van der Waals surface area contributed by atoms with Crippen molar-refractivity contribution < 1.29 is 4.79 Å². The fourth-order valence-electron chi connectivity index (χ4n) is 3.49. The number of rotatable bonds is 4. The van der Waals surface area contributed by atoms with Crippen LogP contribution in [0.1, 0.15) is 56.5 Å². The summed E-state index contributed by atoms with van der Waals surface area (Å²) in [5, 5.41) is 5.52. The number of hydrogen-bond donors (Lipinski definition) is 1. The maximum absolute atomic E-state index is 12.4. The molecule has 1 aliphatic heterocycles. The highest BCUT2D eigenvalue weighted by molar-refractivity contribution is 7.10. The van der Waals surface area contributed by atoms with E-state index in [1.165, 1.54) is 43.4 Å². The second kappa shape index (κ2) is 6.27. The van der Waals surface area contributed by atoms with Gasteiger partial charge >= 0.3 is 0 Å². The van der Waals surface area contributed by atoms with Crippen LogP contribution < -0.4 is 5.32 Å². The Morgan fingerprint density at radius 3 is 2.85 bits per heavy atom. The summed E-state index contributed by atoms with van der Waals surface area (Å²) in [6.45, 7) is 2.88. The van der Waals surface area contributed by atoms with Gasteiger partial charge in [-0.05, 0) is 30.7 Å². The van der Waals surface area contributed by atoms with Gasteiger partial charge in [0.25, 0.3) is 0 Å². The van der Waals surface area contributed by atoms with Crippen LogP contribution in [0.3, 0.4) is 0 Å². The van der Waals surface area contributed by atoms with Gasteiger partial charge in [0.2, 0.25) is 5.91 Å².